The first-order chi connectivity index (χ1) is 9.91. The second-order valence-electron chi connectivity index (χ2n) is 5.20. The molecule has 1 fully saturated rings. The van der Waals surface area contributed by atoms with E-state index in [9.17, 15) is 13.6 Å². The van der Waals surface area contributed by atoms with Crippen LogP contribution in [0.4, 0.5) is 8.78 Å². The van der Waals surface area contributed by atoms with Crippen LogP contribution in [0.5, 0.6) is 0 Å². The topological polar surface area (TPSA) is 44.1 Å². The molecule has 1 unspecified atom stereocenters. The number of methoxy groups -OCH3 is 1. The molecule has 0 bridgehead atoms. The maximum atomic E-state index is 13.4. The molecule has 1 aliphatic carbocycles. The summed E-state index contributed by atoms with van der Waals surface area (Å²) in [5.74, 6) is -3.23. The van der Waals surface area contributed by atoms with Gasteiger partial charge in [0.25, 0.3) is 0 Å². The number of aromatic nitrogens is 2. The van der Waals surface area contributed by atoms with Gasteiger partial charge in [0.1, 0.15) is 0 Å². The predicted octanol–water partition coefficient (Wildman–Crippen LogP) is 3.95. The number of halogens is 3. The van der Waals surface area contributed by atoms with Crippen molar-refractivity contribution in [1.29, 1.82) is 0 Å². The van der Waals surface area contributed by atoms with Crippen molar-refractivity contribution in [3.63, 3.8) is 0 Å². The van der Waals surface area contributed by atoms with E-state index in [4.69, 9.17) is 4.74 Å². The monoisotopic (exact) mass is 358 g/mol. The molecule has 1 heterocycles. The molecule has 1 atom stereocenters. The van der Waals surface area contributed by atoms with Gasteiger partial charge in [-0.25, -0.2) is 13.6 Å². The highest BCUT2D eigenvalue weighted by Crippen LogP contribution is 2.42. The number of benzene rings is 1. The average Bonchev–Trinajstić information content (AvgIpc) is 2.97. The molecule has 1 saturated carbocycles. The molecular weight excluding hydrogens is 346 g/mol. The number of hydrogen-bond donors (Lipinski definition) is 0. The van der Waals surface area contributed by atoms with Crippen LogP contribution in [0.2, 0.25) is 0 Å². The molecule has 0 aliphatic heterocycles. The molecule has 21 heavy (non-hydrogen) atoms. The van der Waals surface area contributed by atoms with E-state index in [1.165, 1.54) is 11.8 Å². The Balaban J connectivity index is 2.13. The number of esters is 1. The number of rotatable bonds is 2. The minimum absolute atomic E-state index is 0.150. The highest BCUT2D eigenvalue weighted by atomic mass is 79.9. The van der Waals surface area contributed by atoms with Gasteiger partial charge in [0.2, 0.25) is 5.92 Å². The first kappa shape index (κ1) is 14.4. The largest absolute Gasteiger partial charge is 0.464 e. The number of carbonyl (C=O) groups is 1. The van der Waals surface area contributed by atoms with Crippen LogP contribution in [-0.2, 0) is 4.74 Å². The van der Waals surface area contributed by atoms with Crippen LogP contribution in [0.25, 0.3) is 10.9 Å². The van der Waals surface area contributed by atoms with E-state index in [-0.39, 0.29) is 18.5 Å². The first-order valence-electron chi connectivity index (χ1n) is 6.55. The van der Waals surface area contributed by atoms with Crippen molar-refractivity contribution in [3.8, 4) is 0 Å². The molecule has 0 N–H and O–H groups in total. The van der Waals surface area contributed by atoms with Crippen LogP contribution < -0.4 is 0 Å². The smallest absolute Gasteiger partial charge is 0.359 e. The van der Waals surface area contributed by atoms with Gasteiger partial charge in [-0.1, -0.05) is 15.9 Å². The SMILES string of the molecule is COC(=O)c1nn(C2CCC(F)(F)C2)c2ccc(Br)cc12. The Hall–Kier alpha value is -1.50. The van der Waals surface area contributed by atoms with E-state index < -0.39 is 17.9 Å². The predicted molar refractivity (Wildman–Crippen MR) is 76.6 cm³/mol. The van der Waals surface area contributed by atoms with Crippen molar-refractivity contribution in [2.75, 3.05) is 7.11 Å². The van der Waals surface area contributed by atoms with Gasteiger partial charge in [0.15, 0.2) is 5.69 Å². The normalized spacial score (nSPS) is 20.9. The molecule has 1 aromatic heterocycles. The van der Waals surface area contributed by atoms with Gasteiger partial charge in [-0.2, -0.15) is 5.10 Å². The molecule has 1 aliphatic rings. The van der Waals surface area contributed by atoms with Gasteiger partial charge in [-0.15, -0.1) is 0 Å². The van der Waals surface area contributed by atoms with Crippen LogP contribution in [0, 0.1) is 0 Å². The van der Waals surface area contributed by atoms with Crippen LogP contribution in [0.3, 0.4) is 0 Å². The lowest BCUT2D eigenvalue weighted by Crippen LogP contribution is -2.13. The van der Waals surface area contributed by atoms with Crippen LogP contribution in [0.1, 0.15) is 35.8 Å². The summed E-state index contributed by atoms with van der Waals surface area (Å²) in [6, 6.07) is 4.92. The summed E-state index contributed by atoms with van der Waals surface area (Å²) in [4.78, 5) is 11.8. The van der Waals surface area contributed by atoms with Crippen LogP contribution in [-0.4, -0.2) is 28.8 Å². The van der Waals surface area contributed by atoms with E-state index >= 15 is 0 Å². The molecule has 3 rings (SSSR count). The van der Waals surface area contributed by atoms with Gasteiger partial charge in [0, 0.05) is 22.7 Å². The lowest BCUT2D eigenvalue weighted by atomic mass is 10.2. The maximum Gasteiger partial charge on any atom is 0.359 e. The fourth-order valence-corrected chi connectivity index (χ4v) is 3.14. The Bertz CT molecular complexity index is 714. The second-order valence-corrected chi connectivity index (χ2v) is 6.11. The third-order valence-electron chi connectivity index (χ3n) is 3.77. The van der Waals surface area contributed by atoms with Crippen molar-refractivity contribution >= 4 is 32.8 Å². The number of hydrogen-bond acceptors (Lipinski definition) is 3. The summed E-state index contributed by atoms with van der Waals surface area (Å²) >= 11 is 3.34. The molecule has 2 aromatic rings. The molecule has 4 nitrogen and oxygen atoms in total. The van der Waals surface area contributed by atoms with Gasteiger partial charge in [-0.3, -0.25) is 4.68 Å². The zero-order chi connectivity index (χ0) is 15.2. The minimum Gasteiger partial charge on any atom is -0.464 e. The zero-order valence-corrected chi connectivity index (χ0v) is 12.9. The number of fused-ring (bicyclic) bond motifs is 1. The van der Waals surface area contributed by atoms with Gasteiger partial charge >= 0.3 is 5.97 Å². The lowest BCUT2D eigenvalue weighted by molar-refractivity contribution is 0.00535. The van der Waals surface area contributed by atoms with Crippen molar-refractivity contribution < 1.29 is 18.3 Å². The fourth-order valence-electron chi connectivity index (χ4n) is 2.77. The summed E-state index contributed by atoms with van der Waals surface area (Å²) in [5.41, 5.74) is 0.824. The van der Waals surface area contributed by atoms with Crippen molar-refractivity contribution in [3.05, 3.63) is 28.4 Å². The second kappa shape index (κ2) is 5.05. The molecule has 0 amide bonds. The standard InChI is InChI=1S/C14H13BrF2N2O2/c1-21-13(20)12-10-6-8(15)2-3-11(10)19(18-12)9-4-5-14(16,17)7-9/h2-3,6,9H,4-5,7H2,1H3. The van der Waals surface area contributed by atoms with Crippen molar-refractivity contribution in [2.45, 2.75) is 31.2 Å². The number of ether oxygens (including phenoxy) is 1. The molecule has 1 aromatic carbocycles. The quantitative estimate of drug-likeness (QED) is 0.763. The summed E-state index contributed by atoms with van der Waals surface area (Å²) in [7, 11) is 1.27. The Labute approximate surface area is 128 Å². The summed E-state index contributed by atoms with van der Waals surface area (Å²) in [5, 5.41) is 4.84. The third kappa shape index (κ3) is 2.54. The lowest BCUT2D eigenvalue weighted by Gasteiger charge is -2.12. The van der Waals surface area contributed by atoms with Crippen LogP contribution in [0.15, 0.2) is 22.7 Å². The maximum absolute atomic E-state index is 13.4. The molecule has 0 spiro atoms. The molecule has 0 saturated heterocycles. The van der Waals surface area contributed by atoms with E-state index in [1.54, 1.807) is 18.2 Å². The fraction of sp³-hybridized carbons (Fsp3) is 0.429. The summed E-state index contributed by atoms with van der Waals surface area (Å²) in [6.07, 6.45) is -0.0516. The summed E-state index contributed by atoms with van der Waals surface area (Å²) < 4.78 is 33.9. The highest BCUT2D eigenvalue weighted by molar-refractivity contribution is 9.10. The number of nitrogens with zero attached hydrogens (tertiary/aromatic N) is 2. The van der Waals surface area contributed by atoms with E-state index in [0.717, 1.165) is 4.47 Å². The van der Waals surface area contributed by atoms with E-state index in [0.29, 0.717) is 17.3 Å². The number of carbonyl (C=O) groups excluding carboxylic acids is 1. The first-order valence-corrected chi connectivity index (χ1v) is 7.34. The third-order valence-corrected chi connectivity index (χ3v) is 4.26. The Morgan fingerprint density at radius 1 is 1.52 bits per heavy atom. The zero-order valence-electron chi connectivity index (χ0n) is 11.3. The Morgan fingerprint density at radius 3 is 2.90 bits per heavy atom. The minimum atomic E-state index is -2.66. The Morgan fingerprint density at radius 2 is 2.29 bits per heavy atom. The molecule has 0 radical (unpaired) electrons. The van der Waals surface area contributed by atoms with E-state index in [2.05, 4.69) is 21.0 Å². The molecule has 7 heteroatoms. The molecule has 112 valence electrons. The molecular formula is C14H13BrF2N2O2. The highest BCUT2D eigenvalue weighted by Gasteiger charge is 2.41. The summed E-state index contributed by atoms with van der Waals surface area (Å²) in [6.45, 7) is 0. The van der Waals surface area contributed by atoms with Gasteiger partial charge in [-0.05, 0) is 24.6 Å². The number of alkyl halides is 2. The van der Waals surface area contributed by atoms with Gasteiger partial charge in [0.05, 0.1) is 18.7 Å². The average molecular weight is 359 g/mol. The van der Waals surface area contributed by atoms with Crippen molar-refractivity contribution in [2.24, 2.45) is 0 Å². The Kier molecular flexibility index (Phi) is 3.47. The van der Waals surface area contributed by atoms with Gasteiger partial charge < -0.3 is 4.74 Å². The van der Waals surface area contributed by atoms with Crippen molar-refractivity contribution in [1.82, 2.24) is 9.78 Å². The van der Waals surface area contributed by atoms with Crippen LogP contribution >= 0.6 is 15.9 Å². The van der Waals surface area contributed by atoms with E-state index in [1.807, 2.05) is 0 Å².